The van der Waals surface area contributed by atoms with Crippen molar-refractivity contribution < 1.29 is 9.84 Å². The molecule has 0 fully saturated rings. The van der Waals surface area contributed by atoms with E-state index in [0.717, 1.165) is 12.0 Å². The summed E-state index contributed by atoms with van der Waals surface area (Å²) < 4.78 is 4.89. The van der Waals surface area contributed by atoms with Crippen LogP contribution in [0.4, 0.5) is 0 Å². The third-order valence-electron chi connectivity index (χ3n) is 1.82. The van der Waals surface area contributed by atoms with Crippen molar-refractivity contribution in [1.82, 2.24) is 10.2 Å². The molecule has 0 saturated carbocycles. The first kappa shape index (κ1) is 10.1. The average Bonchev–Trinajstić information content (AvgIpc) is 2.19. The molecule has 1 N–H and O–H groups in total. The van der Waals surface area contributed by atoms with Crippen molar-refractivity contribution >= 4 is 0 Å². The fourth-order valence-corrected chi connectivity index (χ4v) is 1.09. The number of methoxy groups -OCH3 is 1. The Labute approximate surface area is 77.6 Å². The Bertz CT molecular complexity index is 228. The summed E-state index contributed by atoms with van der Waals surface area (Å²) in [6.07, 6.45) is 4.25. The molecule has 4 nitrogen and oxygen atoms in total. The molecule has 13 heavy (non-hydrogen) atoms. The first-order valence-corrected chi connectivity index (χ1v) is 4.28. The van der Waals surface area contributed by atoms with Crippen molar-refractivity contribution in [3.63, 3.8) is 0 Å². The summed E-state index contributed by atoms with van der Waals surface area (Å²) in [6.45, 7) is 0.676. The molecule has 0 spiro atoms. The second-order valence-corrected chi connectivity index (χ2v) is 2.83. The molecule has 0 radical (unpaired) electrons. The molecule has 1 aromatic heterocycles. The Morgan fingerprint density at radius 2 is 2.38 bits per heavy atom. The maximum Gasteiger partial charge on any atom is 0.0807 e. The lowest BCUT2D eigenvalue weighted by Crippen LogP contribution is -2.00. The summed E-state index contributed by atoms with van der Waals surface area (Å²) in [4.78, 5) is 0. The molecule has 1 unspecified atom stereocenters. The molecule has 0 aliphatic rings. The first-order valence-electron chi connectivity index (χ1n) is 4.28. The summed E-state index contributed by atoms with van der Waals surface area (Å²) in [7, 11) is 1.65. The zero-order chi connectivity index (χ0) is 9.52. The van der Waals surface area contributed by atoms with Crippen LogP contribution in [-0.2, 0) is 4.74 Å². The molecule has 0 saturated heterocycles. The van der Waals surface area contributed by atoms with Crippen molar-refractivity contribution in [2.24, 2.45) is 0 Å². The fourth-order valence-electron chi connectivity index (χ4n) is 1.09. The number of aromatic nitrogens is 2. The van der Waals surface area contributed by atoms with E-state index in [4.69, 9.17) is 4.74 Å². The zero-order valence-corrected chi connectivity index (χ0v) is 7.68. The van der Waals surface area contributed by atoms with Gasteiger partial charge >= 0.3 is 0 Å². The topological polar surface area (TPSA) is 55.2 Å². The van der Waals surface area contributed by atoms with Gasteiger partial charge in [-0.1, -0.05) is 0 Å². The van der Waals surface area contributed by atoms with Crippen LogP contribution in [0.5, 0.6) is 0 Å². The van der Waals surface area contributed by atoms with Crippen molar-refractivity contribution in [1.29, 1.82) is 0 Å². The Hall–Kier alpha value is -1.00. The molecule has 0 bridgehead atoms. The van der Waals surface area contributed by atoms with Crippen LogP contribution in [0.15, 0.2) is 18.5 Å². The normalized spacial score (nSPS) is 12.8. The highest BCUT2D eigenvalue weighted by Gasteiger charge is 2.06. The molecule has 0 aliphatic carbocycles. The van der Waals surface area contributed by atoms with E-state index < -0.39 is 6.10 Å². The standard InChI is InChI=1S/C9H14N2O2/c1-13-6-2-3-9(12)8-4-5-10-11-7-8/h4-5,7,9,12H,2-3,6H2,1H3. The van der Waals surface area contributed by atoms with Crippen LogP contribution in [-0.4, -0.2) is 29.0 Å². The van der Waals surface area contributed by atoms with Gasteiger partial charge in [-0.2, -0.15) is 10.2 Å². The molecule has 0 aliphatic heterocycles. The third-order valence-corrected chi connectivity index (χ3v) is 1.82. The van der Waals surface area contributed by atoms with E-state index in [1.807, 2.05) is 0 Å². The van der Waals surface area contributed by atoms with Gasteiger partial charge in [0.25, 0.3) is 0 Å². The molecular formula is C9H14N2O2. The quantitative estimate of drug-likeness (QED) is 0.688. The van der Waals surface area contributed by atoms with Crippen LogP contribution in [0.25, 0.3) is 0 Å². The molecule has 1 aromatic rings. The third kappa shape index (κ3) is 3.48. The summed E-state index contributed by atoms with van der Waals surface area (Å²) >= 11 is 0. The second-order valence-electron chi connectivity index (χ2n) is 2.83. The Kier molecular flexibility index (Phi) is 4.35. The Morgan fingerprint density at radius 1 is 1.54 bits per heavy atom. The van der Waals surface area contributed by atoms with Crippen molar-refractivity contribution in [2.75, 3.05) is 13.7 Å². The maximum atomic E-state index is 9.62. The summed E-state index contributed by atoms with van der Waals surface area (Å²) in [5.41, 5.74) is 0.811. The number of ether oxygens (including phenoxy) is 1. The predicted octanol–water partition coefficient (Wildman–Crippen LogP) is 0.937. The van der Waals surface area contributed by atoms with Crippen LogP contribution in [0, 0.1) is 0 Å². The minimum Gasteiger partial charge on any atom is -0.388 e. The SMILES string of the molecule is COCCCC(O)c1ccnnc1. The predicted molar refractivity (Wildman–Crippen MR) is 48.1 cm³/mol. The van der Waals surface area contributed by atoms with Gasteiger partial charge in [-0.15, -0.1) is 0 Å². The number of aliphatic hydroxyl groups excluding tert-OH is 1. The van der Waals surface area contributed by atoms with Crippen molar-refractivity contribution in [2.45, 2.75) is 18.9 Å². The van der Waals surface area contributed by atoms with Crippen molar-refractivity contribution in [3.8, 4) is 0 Å². The fraction of sp³-hybridized carbons (Fsp3) is 0.556. The van der Waals surface area contributed by atoms with Gasteiger partial charge in [0.1, 0.15) is 0 Å². The monoisotopic (exact) mass is 182 g/mol. The van der Waals surface area contributed by atoms with E-state index in [0.29, 0.717) is 13.0 Å². The average molecular weight is 182 g/mol. The van der Waals surface area contributed by atoms with Crippen molar-refractivity contribution in [3.05, 3.63) is 24.0 Å². The highest BCUT2D eigenvalue weighted by atomic mass is 16.5. The highest BCUT2D eigenvalue weighted by Crippen LogP contribution is 2.15. The van der Waals surface area contributed by atoms with Crippen LogP contribution in [0.1, 0.15) is 24.5 Å². The summed E-state index contributed by atoms with van der Waals surface area (Å²) in [5, 5.41) is 17.0. The van der Waals surface area contributed by atoms with E-state index in [1.54, 1.807) is 25.6 Å². The minimum absolute atomic E-state index is 0.453. The Balaban J connectivity index is 2.35. The number of aliphatic hydroxyl groups is 1. The van der Waals surface area contributed by atoms with Crippen LogP contribution < -0.4 is 0 Å². The van der Waals surface area contributed by atoms with Gasteiger partial charge in [0.05, 0.1) is 12.3 Å². The lowest BCUT2D eigenvalue weighted by atomic mass is 10.1. The summed E-state index contributed by atoms with van der Waals surface area (Å²) in [6, 6.07) is 1.77. The second kappa shape index (κ2) is 5.61. The zero-order valence-electron chi connectivity index (χ0n) is 7.68. The number of hydrogen-bond acceptors (Lipinski definition) is 4. The van der Waals surface area contributed by atoms with Crippen LogP contribution in [0.3, 0.4) is 0 Å². The number of rotatable bonds is 5. The molecule has 72 valence electrons. The lowest BCUT2D eigenvalue weighted by Gasteiger charge is -2.08. The minimum atomic E-state index is -0.453. The molecule has 0 amide bonds. The molecular weight excluding hydrogens is 168 g/mol. The largest absolute Gasteiger partial charge is 0.388 e. The van der Waals surface area contributed by atoms with Gasteiger partial charge in [-0.3, -0.25) is 0 Å². The molecule has 0 aromatic carbocycles. The first-order chi connectivity index (χ1) is 6.34. The van der Waals surface area contributed by atoms with Gasteiger partial charge in [0.15, 0.2) is 0 Å². The number of hydrogen-bond donors (Lipinski definition) is 1. The lowest BCUT2D eigenvalue weighted by molar-refractivity contribution is 0.136. The molecule has 4 heteroatoms. The smallest absolute Gasteiger partial charge is 0.0807 e. The maximum absolute atomic E-state index is 9.62. The van der Waals surface area contributed by atoms with E-state index in [1.165, 1.54) is 0 Å². The van der Waals surface area contributed by atoms with E-state index in [-0.39, 0.29) is 0 Å². The van der Waals surface area contributed by atoms with Gasteiger partial charge in [0.2, 0.25) is 0 Å². The molecule has 1 heterocycles. The van der Waals surface area contributed by atoms with Gasteiger partial charge in [-0.05, 0) is 18.9 Å². The van der Waals surface area contributed by atoms with E-state index in [2.05, 4.69) is 10.2 Å². The van der Waals surface area contributed by atoms with Crippen LogP contribution >= 0.6 is 0 Å². The van der Waals surface area contributed by atoms with Gasteiger partial charge in [0, 0.05) is 25.5 Å². The molecule has 1 rings (SSSR count). The van der Waals surface area contributed by atoms with E-state index in [9.17, 15) is 5.11 Å². The molecule has 1 atom stereocenters. The highest BCUT2D eigenvalue weighted by molar-refractivity contribution is 5.08. The van der Waals surface area contributed by atoms with Crippen LogP contribution in [0.2, 0.25) is 0 Å². The Morgan fingerprint density at radius 3 is 3.00 bits per heavy atom. The van der Waals surface area contributed by atoms with Gasteiger partial charge in [-0.25, -0.2) is 0 Å². The summed E-state index contributed by atoms with van der Waals surface area (Å²) in [5.74, 6) is 0. The number of nitrogens with zero attached hydrogens (tertiary/aromatic N) is 2. The van der Waals surface area contributed by atoms with E-state index >= 15 is 0 Å². The van der Waals surface area contributed by atoms with Gasteiger partial charge < -0.3 is 9.84 Å².